The Labute approximate surface area is 568 Å². The van der Waals surface area contributed by atoms with Crippen LogP contribution in [-0.4, -0.2) is 74.9 Å². The van der Waals surface area contributed by atoms with Crippen LogP contribution in [0.3, 0.4) is 0 Å². The fraction of sp³-hybridized carbons (Fsp3) is 0.732. The minimum atomic E-state index is -4.40. The number of nitrogens with zero attached hydrogens (tertiary/aromatic N) is 1. The van der Waals surface area contributed by atoms with Crippen LogP contribution in [0.5, 0.6) is 0 Å². The Morgan fingerprint density at radius 2 is 0.587 bits per heavy atom. The maximum atomic E-state index is 12.9. The molecule has 0 rings (SSSR count). The number of unbranched alkanes of at least 4 members (excludes halogenated alkanes) is 36. The van der Waals surface area contributed by atoms with Gasteiger partial charge in [-0.2, -0.15) is 0 Å². The Bertz CT molecular complexity index is 1970. The van der Waals surface area contributed by atoms with E-state index < -0.39 is 26.5 Å². The van der Waals surface area contributed by atoms with Crippen LogP contribution in [0.1, 0.15) is 335 Å². The number of hydrogen-bond donors (Lipinski definition) is 1. The number of carbonyl (C=O) groups excluding carboxylic acids is 2. The Hall–Kier alpha value is -3.59. The average Bonchev–Trinajstić information content (AvgIpc) is 2.14. The smallest absolute Gasteiger partial charge is 0.462 e. The highest BCUT2D eigenvalue weighted by Crippen LogP contribution is 2.43. The number of phosphoric ester groups is 1. The Morgan fingerprint density at radius 3 is 0.870 bits per heavy atom. The van der Waals surface area contributed by atoms with Crippen LogP contribution in [-0.2, 0) is 32.7 Å². The molecule has 9 nitrogen and oxygen atoms in total. The number of esters is 2. The molecule has 0 fully saturated rings. The number of quaternary nitrogens is 1. The number of phosphoric acid groups is 1. The van der Waals surface area contributed by atoms with Gasteiger partial charge in [0.1, 0.15) is 19.8 Å². The number of ether oxygens (including phenoxy) is 2. The second kappa shape index (κ2) is 71.7. The molecule has 1 N–H and O–H groups in total. The van der Waals surface area contributed by atoms with E-state index in [9.17, 15) is 19.0 Å². The van der Waals surface area contributed by atoms with Crippen molar-refractivity contribution in [3.63, 3.8) is 0 Å². The third-order valence-corrected chi connectivity index (χ3v) is 17.5. The van der Waals surface area contributed by atoms with E-state index in [1.165, 1.54) is 205 Å². The van der Waals surface area contributed by atoms with Gasteiger partial charge < -0.3 is 18.9 Å². The van der Waals surface area contributed by atoms with Crippen LogP contribution in [0.25, 0.3) is 0 Å². The molecule has 0 aliphatic heterocycles. The van der Waals surface area contributed by atoms with Crippen LogP contribution < -0.4 is 0 Å². The highest BCUT2D eigenvalue weighted by atomic mass is 31.2. The molecule has 0 heterocycles. The molecule has 92 heavy (non-hydrogen) atoms. The quantitative estimate of drug-likeness (QED) is 0.0211. The zero-order chi connectivity index (χ0) is 66.9. The second-order valence-electron chi connectivity index (χ2n) is 26.6. The van der Waals surface area contributed by atoms with Crippen molar-refractivity contribution >= 4 is 19.8 Å². The van der Waals surface area contributed by atoms with Gasteiger partial charge in [0.2, 0.25) is 0 Å². The maximum absolute atomic E-state index is 12.9. The van der Waals surface area contributed by atoms with Crippen molar-refractivity contribution in [2.75, 3.05) is 47.5 Å². The number of hydrogen-bond acceptors (Lipinski definition) is 7. The molecule has 2 unspecified atom stereocenters. The monoisotopic (exact) mass is 1300 g/mol. The first-order valence-electron chi connectivity index (χ1n) is 38.3. The molecule has 0 radical (unpaired) electrons. The van der Waals surface area contributed by atoms with Gasteiger partial charge in [0, 0.05) is 12.8 Å². The van der Waals surface area contributed by atoms with E-state index in [4.69, 9.17) is 18.5 Å². The summed E-state index contributed by atoms with van der Waals surface area (Å²) in [5.74, 6) is -0.786. The van der Waals surface area contributed by atoms with E-state index in [1.54, 1.807) is 0 Å². The van der Waals surface area contributed by atoms with Crippen molar-refractivity contribution in [1.82, 2.24) is 0 Å². The summed E-state index contributed by atoms with van der Waals surface area (Å²) in [7, 11) is 1.48. The first kappa shape index (κ1) is 88.4. The van der Waals surface area contributed by atoms with E-state index in [2.05, 4.69) is 135 Å². The predicted octanol–water partition coefficient (Wildman–Crippen LogP) is 25.4. The summed E-state index contributed by atoms with van der Waals surface area (Å²) in [6.07, 6.45) is 103. The molecule has 0 bridgehead atoms. The van der Waals surface area contributed by atoms with Gasteiger partial charge in [-0.3, -0.25) is 18.6 Å². The Morgan fingerprint density at radius 1 is 0.337 bits per heavy atom. The lowest BCUT2D eigenvalue weighted by atomic mass is 10.0. The van der Waals surface area contributed by atoms with Crippen LogP contribution in [0.2, 0.25) is 0 Å². The lowest BCUT2D eigenvalue weighted by Crippen LogP contribution is -2.37. The first-order valence-corrected chi connectivity index (χ1v) is 39.8. The third-order valence-electron chi connectivity index (χ3n) is 16.5. The highest BCUT2D eigenvalue weighted by molar-refractivity contribution is 7.47. The average molecular weight is 1300 g/mol. The van der Waals surface area contributed by atoms with Crippen molar-refractivity contribution in [1.29, 1.82) is 0 Å². The molecule has 0 saturated heterocycles. The van der Waals surface area contributed by atoms with E-state index >= 15 is 0 Å². The van der Waals surface area contributed by atoms with E-state index in [1.807, 2.05) is 21.1 Å². The van der Waals surface area contributed by atoms with E-state index in [0.717, 1.165) is 96.3 Å². The van der Waals surface area contributed by atoms with E-state index in [0.29, 0.717) is 17.4 Å². The van der Waals surface area contributed by atoms with Gasteiger partial charge in [0.25, 0.3) is 0 Å². The van der Waals surface area contributed by atoms with Gasteiger partial charge in [0.05, 0.1) is 27.7 Å². The third kappa shape index (κ3) is 75.4. The van der Waals surface area contributed by atoms with Gasteiger partial charge in [-0.05, 0) is 103 Å². The molecular weight excluding hydrogens is 1160 g/mol. The van der Waals surface area contributed by atoms with Crippen molar-refractivity contribution < 1.29 is 42.1 Å². The standard InChI is InChI=1S/C82H144NO8P/c1-6-8-10-12-14-16-18-20-22-24-26-28-30-32-34-36-38-40-41-43-45-47-49-51-53-55-57-59-61-63-65-67-69-71-73-75-82(85)91-80(79-90-92(86,87)89-77-76-83(3,4)5)78-88-81(84)74-72-70-68-66-64-62-60-58-56-54-52-50-48-46-44-42-39-37-35-33-31-29-27-25-23-21-19-17-15-13-11-9-7-2/h8-11,14-17,20-23,26-29,32-35,80H,6-7,12-13,18-19,24-25,30-31,36-79H2,1-5H3/p+1/b10-8-,11-9-,16-14-,17-15-,22-20-,23-21-,28-26-,29-27-,34-32-,35-33-. The zero-order valence-electron chi connectivity index (χ0n) is 60.5. The van der Waals surface area contributed by atoms with Gasteiger partial charge in [-0.1, -0.05) is 341 Å². The summed E-state index contributed by atoms with van der Waals surface area (Å²) in [6, 6.07) is 0. The SMILES string of the molecule is CC/C=C\C/C=C\C/C=C\C/C=C\C/C=C\CCCCCCCCCCCCCCCCCCCCCC(=O)OC(COC(=O)CCCCCCCCCCCCCCCCCCC/C=C\C/C=C\C/C=C\C/C=C\C/C=C\CC)COP(=O)(O)OCC[N+](C)(C)C. The van der Waals surface area contributed by atoms with Crippen LogP contribution in [0, 0.1) is 0 Å². The molecule has 0 aliphatic rings. The van der Waals surface area contributed by atoms with Gasteiger partial charge >= 0.3 is 19.8 Å². The molecule has 0 amide bonds. The normalized spacial score (nSPS) is 13.8. The molecule has 0 aromatic rings. The van der Waals surface area contributed by atoms with Crippen LogP contribution in [0.15, 0.2) is 122 Å². The Kier molecular flexibility index (Phi) is 68.9. The number of carbonyl (C=O) groups is 2. The first-order chi connectivity index (χ1) is 45.0. The van der Waals surface area contributed by atoms with Crippen LogP contribution in [0.4, 0.5) is 0 Å². The summed E-state index contributed by atoms with van der Waals surface area (Å²) in [5, 5.41) is 0. The van der Waals surface area contributed by atoms with Crippen molar-refractivity contribution in [2.45, 2.75) is 341 Å². The molecule has 2 atom stereocenters. The fourth-order valence-electron chi connectivity index (χ4n) is 10.7. The molecule has 0 aromatic carbocycles. The van der Waals surface area contributed by atoms with Crippen molar-refractivity contribution in [3.05, 3.63) is 122 Å². The molecule has 0 aromatic heterocycles. The van der Waals surface area contributed by atoms with Gasteiger partial charge in [-0.15, -0.1) is 0 Å². The number of allylic oxidation sites excluding steroid dienone is 20. The summed E-state index contributed by atoms with van der Waals surface area (Å²) in [4.78, 5) is 36.0. The zero-order valence-corrected chi connectivity index (χ0v) is 61.4. The Balaban J connectivity index is 3.98. The highest BCUT2D eigenvalue weighted by Gasteiger charge is 2.27. The molecule has 0 saturated carbocycles. The molecule has 530 valence electrons. The van der Waals surface area contributed by atoms with Gasteiger partial charge in [-0.25, -0.2) is 4.57 Å². The minimum absolute atomic E-state index is 0.0298. The van der Waals surface area contributed by atoms with Crippen molar-refractivity contribution in [2.24, 2.45) is 0 Å². The molecule has 10 heteroatoms. The topological polar surface area (TPSA) is 108 Å². The van der Waals surface area contributed by atoms with Crippen LogP contribution >= 0.6 is 7.82 Å². The van der Waals surface area contributed by atoms with E-state index in [-0.39, 0.29) is 32.0 Å². The molecule has 0 aliphatic carbocycles. The number of likely N-dealkylation sites (N-methyl/N-ethyl adjacent to an activating group) is 1. The van der Waals surface area contributed by atoms with Crippen molar-refractivity contribution in [3.8, 4) is 0 Å². The maximum Gasteiger partial charge on any atom is 0.472 e. The fourth-order valence-corrected chi connectivity index (χ4v) is 11.5. The molecular formula is C82H145NO8P+. The second-order valence-corrected chi connectivity index (χ2v) is 28.1. The van der Waals surface area contributed by atoms with Gasteiger partial charge in [0.15, 0.2) is 6.10 Å². The molecule has 0 spiro atoms. The minimum Gasteiger partial charge on any atom is -0.462 e. The number of rotatable bonds is 70. The summed E-state index contributed by atoms with van der Waals surface area (Å²) in [6.45, 7) is 4.24. The summed E-state index contributed by atoms with van der Waals surface area (Å²) >= 11 is 0. The predicted molar refractivity (Wildman–Crippen MR) is 399 cm³/mol. The summed E-state index contributed by atoms with van der Waals surface area (Å²) < 4.78 is 34.8. The lowest BCUT2D eigenvalue weighted by Gasteiger charge is -2.24. The summed E-state index contributed by atoms with van der Waals surface area (Å²) in [5.41, 5.74) is 0. The largest absolute Gasteiger partial charge is 0.472 e. The lowest BCUT2D eigenvalue weighted by molar-refractivity contribution is -0.870.